The van der Waals surface area contributed by atoms with Crippen molar-refractivity contribution in [1.29, 1.82) is 0 Å². The zero-order valence-electron chi connectivity index (χ0n) is 14.1. The molecule has 0 bridgehead atoms. The lowest BCUT2D eigenvalue weighted by Gasteiger charge is -2.33. The van der Waals surface area contributed by atoms with E-state index in [-0.39, 0.29) is 5.41 Å². The number of rotatable bonds is 0. The average molecular weight is 280 g/mol. The van der Waals surface area contributed by atoms with Crippen LogP contribution in [0.3, 0.4) is 0 Å². The van der Waals surface area contributed by atoms with Gasteiger partial charge in [-0.25, -0.2) is 0 Å². The molecule has 2 nitrogen and oxygen atoms in total. The molecule has 0 atom stereocenters. The lowest BCUT2D eigenvalue weighted by atomic mass is 9.72. The number of Topliss-reactive ketones (excluding diaryl/α,β-unsaturated/α-hetero) is 2. The minimum Gasteiger partial charge on any atom is -0.300 e. The van der Waals surface area contributed by atoms with Crippen molar-refractivity contribution in [2.24, 2.45) is 16.7 Å². The number of hydrogen-bond donors (Lipinski definition) is 0. The molecule has 2 aliphatic carbocycles. The van der Waals surface area contributed by atoms with Gasteiger partial charge in [-0.2, -0.15) is 0 Å². The molecule has 0 amide bonds. The van der Waals surface area contributed by atoms with E-state index in [4.69, 9.17) is 0 Å². The summed E-state index contributed by atoms with van der Waals surface area (Å²) in [6.07, 6.45) is 8.12. The molecule has 0 heterocycles. The number of carbonyl (C=O) groups is 2. The van der Waals surface area contributed by atoms with E-state index in [0.717, 1.165) is 50.9 Å². The quantitative estimate of drug-likeness (QED) is 0.629. The first-order chi connectivity index (χ1) is 9.13. The lowest BCUT2D eigenvalue weighted by Crippen LogP contribution is -2.27. The summed E-state index contributed by atoms with van der Waals surface area (Å²) in [5.41, 5.74) is 0.402. The molecule has 20 heavy (non-hydrogen) atoms. The number of ketones is 2. The fourth-order valence-corrected chi connectivity index (χ4v) is 3.14. The van der Waals surface area contributed by atoms with Gasteiger partial charge in [-0.15, -0.1) is 0 Å². The maximum atomic E-state index is 11.1. The first kappa shape index (κ1) is 17.4. The van der Waals surface area contributed by atoms with E-state index in [1.807, 2.05) is 0 Å². The Hall–Kier alpha value is -0.660. The zero-order chi connectivity index (χ0) is 15.4. The topological polar surface area (TPSA) is 34.1 Å². The maximum Gasteiger partial charge on any atom is 0.138 e. The first-order valence-corrected chi connectivity index (χ1v) is 8.18. The molecule has 0 unspecified atom stereocenters. The standard InChI is InChI=1S/C10H18O.C8H14O/c1-10(2,3)8-4-6-9(11)7-5-8;1-8(2)6-4-3-5-7(8)9/h8H,4-7H2,1-3H3;3-6H2,1-2H3. The summed E-state index contributed by atoms with van der Waals surface area (Å²) in [6, 6.07) is 0. The van der Waals surface area contributed by atoms with Crippen molar-refractivity contribution in [1.82, 2.24) is 0 Å². The van der Waals surface area contributed by atoms with Crippen molar-refractivity contribution in [3.8, 4) is 0 Å². The van der Waals surface area contributed by atoms with E-state index in [0.29, 0.717) is 17.0 Å². The molecule has 2 fully saturated rings. The van der Waals surface area contributed by atoms with Gasteiger partial charge in [-0.1, -0.05) is 41.0 Å². The summed E-state index contributed by atoms with van der Waals surface area (Å²) in [5.74, 6) is 1.68. The third-order valence-corrected chi connectivity index (χ3v) is 4.98. The Morgan fingerprint density at radius 2 is 1.50 bits per heavy atom. The van der Waals surface area contributed by atoms with E-state index in [1.165, 1.54) is 6.42 Å². The first-order valence-electron chi connectivity index (χ1n) is 8.18. The summed E-state index contributed by atoms with van der Waals surface area (Å²) < 4.78 is 0. The molecule has 0 aromatic carbocycles. The Morgan fingerprint density at radius 1 is 0.950 bits per heavy atom. The van der Waals surface area contributed by atoms with Gasteiger partial charge in [0.1, 0.15) is 11.6 Å². The minimum absolute atomic E-state index is 0.00174. The molecule has 0 spiro atoms. The molecule has 0 aromatic heterocycles. The highest BCUT2D eigenvalue weighted by Gasteiger charge is 2.29. The van der Waals surface area contributed by atoms with Crippen LogP contribution in [-0.2, 0) is 9.59 Å². The Labute approximate surface area is 124 Å². The summed E-state index contributed by atoms with van der Waals surface area (Å²) in [7, 11) is 0. The molecule has 2 rings (SSSR count). The van der Waals surface area contributed by atoms with E-state index in [1.54, 1.807) is 0 Å². The second kappa shape index (κ2) is 6.87. The van der Waals surface area contributed by atoms with Gasteiger partial charge < -0.3 is 0 Å². The zero-order valence-corrected chi connectivity index (χ0v) is 14.1. The van der Waals surface area contributed by atoms with Crippen molar-refractivity contribution in [3.05, 3.63) is 0 Å². The highest BCUT2D eigenvalue weighted by atomic mass is 16.1. The third-order valence-electron chi connectivity index (χ3n) is 4.98. The van der Waals surface area contributed by atoms with Crippen LogP contribution in [-0.4, -0.2) is 11.6 Å². The van der Waals surface area contributed by atoms with E-state index in [9.17, 15) is 9.59 Å². The van der Waals surface area contributed by atoms with Gasteiger partial charge in [0.2, 0.25) is 0 Å². The van der Waals surface area contributed by atoms with Crippen LogP contribution in [0.25, 0.3) is 0 Å². The van der Waals surface area contributed by atoms with Gasteiger partial charge in [0.25, 0.3) is 0 Å². The molecule has 0 aliphatic heterocycles. The van der Waals surface area contributed by atoms with Crippen molar-refractivity contribution in [3.63, 3.8) is 0 Å². The van der Waals surface area contributed by atoms with Gasteiger partial charge in [-0.3, -0.25) is 9.59 Å². The Morgan fingerprint density at radius 3 is 1.85 bits per heavy atom. The predicted octanol–water partition coefficient (Wildman–Crippen LogP) is 4.95. The van der Waals surface area contributed by atoms with Crippen LogP contribution in [0.15, 0.2) is 0 Å². The molecule has 2 aliphatic rings. The molecule has 116 valence electrons. The Bertz CT molecular complexity index is 337. The molecule has 0 radical (unpaired) electrons. The third kappa shape index (κ3) is 5.38. The molecule has 0 aromatic rings. The van der Waals surface area contributed by atoms with Crippen LogP contribution in [0.4, 0.5) is 0 Å². The van der Waals surface area contributed by atoms with Gasteiger partial charge in [0.15, 0.2) is 0 Å². The normalized spacial score (nSPS) is 24.1. The Kier molecular flexibility index (Phi) is 5.97. The van der Waals surface area contributed by atoms with Crippen LogP contribution in [0, 0.1) is 16.7 Å². The van der Waals surface area contributed by atoms with Crippen molar-refractivity contribution in [2.45, 2.75) is 86.0 Å². The average Bonchev–Trinajstić information content (AvgIpc) is 2.33. The minimum atomic E-state index is -0.00174. The smallest absolute Gasteiger partial charge is 0.138 e. The van der Waals surface area contributed by atoms with Crippen LogP contribution in [0.5, 0.6) is 0 Å². The van der Waals surface area contributed by atoms with Crippen LogP contribution in [0.2, 0.25) is 0 Å². The van der Waals surface area contributed by atoms with E-state index in [2.05, 4.69) is 34.6 Å². The molecule has 0 saturated heterocycles. The van der Waals surface area contributed by atoms with Crippen LogP contribution in [0.1, 0.15) is 86.0 Å². The monoisotopic (exact) mass is 280 g/mol. The summed E-state index contributed by atoms with van der Waals surface area (Å²) in [5, 5.41) is 0. The second-order valence-corrected chi connectivity index (χ2v) is 8.19. The van der Waals surface area contributed by atoms with Crippen LogP contribution < -0.4 is 0 Å². The largest absolute Gasteiger partial charge is 0.300 e. The number of carbonyl (C=O) groups excluding carboxylic acids is 2. The molecular formula is C18H32O2. The highest BCUT2D eigenvalue weighted by molar-refractivity contribution is 5.84. The lowest BCUT2D eigenvalue weighted by molar-refractivity contribution is -0.129. The SMILES string of the molecule is CC(C)(C)C1CCC(=O)CC1.CC1(C)CCCCC1=O. The molecular weight excluding hydrogens is 248 g/mol. The molecule has 2 heteroatoms. The van der Waals surface area contributed by atoms with Gasteiger partial charge >= 0.3 is 0 Å². The van der Waals surface area contributed by atoms with Crippen molar-refractivity contribution < 1.29 is 9.59 Å². The molecule has 0 N–H and O–H groups in total. The van der Waals surface area contributed by atoms with Crippen LogP contribution >= 0.6 is 0 Å². The summed E-state index contributed by atoms with van der Waals surface area (Å²) in [4.78, 5) is 22.1. The fraction of sp³-hybridized carbons (Fsp3) is 0.889. The summed E-state index contributed by atoms with van der Waals surface area (Å²) >= 11 is 0. The summed E-state index contributed by atoms with van der Waals surface area (Å²) in [6.45, 7) is 10.9. The molecule has 2 saturated carbocycles. The van der Waals surface area contributed by atoms with E-state index < -0.39 is 0 Å². The predicted molar refractivity (Wildman–Crippen MR) is 83.7 cm³/mol. The van der Waals surface area contributed by atoms with Crippen molar-refractivity contribution >= 4 is 11.6 Å². The maximum absolute atomic E-state index is 11.1. The van der Waals surface area contributed by atoms with Gasteiger partial charge in [0.05, 0.1) is 0 Å². The van der Waals surface area contributed by atoms with Gasteiger partial charge in [-0.05, 0) is 37.0 Å². The fourth-order valence-electron chi connectivity index (χ4n) is 3.14. The highest BCUT2D eigenvalue weighted by Crippen LogP contribution is 2.36. The Balaban J connectivity index is 0.000000204. The van der Waals surface area contributed by atoms with Gasteiger partial charge in [0, 0.05) is 24.7 Å². The van der Waals surface area contributed by atoms with Crippen molar-refractivity contribution in [2.75, 3.05) is 0 Å². The van der Waals surface area contributed by atoms with E-state index >= 15 is 0 Å². The number of hydrogen-bond acceptors (Lipinski definition) is 2. The second-order valence-electron chi connectivity index (χ2n) is 8.19.